The summed E-state index contributed by atoms with van der Waals surface area (Å²) in [6.45, 7) is 3.85. The molecule has 1 saturated heterocycles. The zero-order valence-electron chi connectivity index (χ0n) is 16.0. The molecular formula is C21H22N2O4S. The van der Waals surface area contributed by atoms with Gasteiger partial charge in [-0.1, -0.05) is 12.1 Å². The number of anilines is 2. The number of carbonyl (C=O) groups is 3. The molecule has 7 heteroatoms. The van der Waals surface area contributed by atoms with Gasteiger partial charge in [0.2, 0.25) is 17.7 Å². The molecule has 146 valence electrons. The van der Waals surface area contributed by atoms with Crippen LogP contribution < -0.4 is 15.0 Å². The van der Waals surface area contributed by atoms with Gasteiger partial charge in [-0.05, 0) is 49.2 Å². The maximum Gasteiger partial charge on any atom is 0.247 e. The van der Waals surface area contributed by atoms with Crippen LogP contribution in [-0.4, -0.2) is 35.8 Å². The lowest BCUT2D eigenvalue weighted by Gasteiger charge is -2.16. The van der Waals surface area contributed by atoms with Crippen molar-refractivity contribution >= 4 is 40.9 Å². The zero-order valence-corrected chi connectivity index (χ0v) is 16.8. The first-order valence-electron chi connectivity index (χ1n) is 8.88. The van der Waals surface area contributed by atoms with Crippen molar-refractivity contribution in [2.45, 2.75) is 25.5 Å². The van der Waals surface area contributed by atoms with Gasteiger partial charge < -0.3 is 10.1 Å². The number of aryl methyl sites for hydroxylation is 2. The van der Waals surface area contributed by atoms with Gasteiger partial charge >= 0.3 is 0 Å². The summed E-state index contributed by atoms with van der Waals surface area (Å²) in [4.78, 5) is 38.6. The van der Waals surface area contributed by atoms with E-state index in [1.165, 1.54) is 16.7 Å². The third-order valence-corrected chi connectivity index (χ3v) is 5.54. The van der Waals surface area contributed by atoms with Crippen molar-refractivity contribution < 1.29 is 19.1 Å². The Hall–Kier alpha value is -2.80. The Morgan fingerprint density at radius 2 is 1.89 bits per heavy atom. The Morgan fingerprint density at radius 1 is 1.18 bits per heavy atom. The van der Waals surface area contributed by atoms with E-state index < -0.39 is 5.25 Å². The quantitative estimate of drug-likeness (QED) is 0.756. The van der Waals surface area contributed by atoms with Crippen molar-refractivity contribution in [3.05, 3.63) is 53.6 Å². The lowest BCUT2D eigenvalue weighted by Crippen LogP contribution is -2.31. The molecule has 0 radical (unpaired) electrons. The van der Waals surface area contributed by atoms with Crippen LogP contribution in [0.25, 0.3) is 0 Å². The topological polar surface area (TPSA) is 75.7 Å². The Kier molecular flexibility index (Phi) is 6.04. The number of benzene rings is 2. The standard InChI is InChI=1S/C21H22N2O4S/c1-13-7-14(2)9-16(8-13)23-20(25)11-18(21(23)26)28-12-19(24)22-15-5-4-6-17(10-15)27-3/h4-10,18H,11-12H2,1-3H3,(H,22,24). The Morgan fingerprint density at radius 3 is 2.57 bits per heavy atom. The summed E-state index contributed by atoms with van der Waals surface area (Å²) in [6, 6.07) is 12.7. The van der Waals surface area contributed by atoms with E-state index >= 15 is 0 Å². The number of hydrogen-bond donors (Lipinski definition) is 1. The summed E-state index contributed by atoms with van der Waals surface area (Å²) >= 11 is 1.18. The highest BCUT2D eigenvalue weighted by Crippen LogP contribution is 2.31. The van der Waals surface area contributed by atoms with E-state index in [4.69, 9.17) is 4.74 Å². The van der Waals surface area contributed by atoms with Gasteiger partial charge in [0, 0.05) is 18.2 Å². The number of nitrogens with one attached hydrogen (secondary N) is 1. The Balaban J connectivity index is 1.61. The van der Waals surface area contributed by atoms with Crippen LogP contribution >= 0.6 is 11.8 Å². The molecule has 3 amide bonds. The fraction of sp³-hybridized carbons (Fsp3) is 0.286. The fourth-order valence-corrected chi connectivity index (χ4v) is 4.09. The fourth-order valence-electron chi connectivity index (χ4n) is 3.16. The molecule has 3 rings (SSSR count). The molecule has 0 saturated carbocycles. The van der Waals surface area contributed by atoms with Crippen molar-refractivity contribution in [2.24, 2.45) is 0 Å². The highest BCUT2D eigenvalue weighted by molar-refractivity contribution is 8.01. The first kappa shape index (κ1) is 19.9. The van der Waals surface area contributed by atoms with Gasteiger partial charge in [0.1, 0.15) is 5.75 Å². The largest absolute Gasteiger partial charge is 0.497 e. The number of nitrogens with zero attached hydrogens (tertiary/aromatic N) is 1. The van der Waals surface area contributed by atoms with E-state index in [0.29, 0.717) is 17.1 Å². The van der Waals surface area contributed by atoms with Crippen LogP contribution in [-0.2, 0) is 14.4 Å². The first-order chi connectivity index (χ1) is 13.4. The monoisotopic (exact) mass is 398 g/mol. The number of carbonyl (C=O) groups excluding carboxylic acids is 3. The van der Waals surface area contributed by atoms with E-state index in [1.54, 1.807) is 31.4 Å². The first-order valence-corrected chi connectivity index (χ1v) is 9.93. The molecule has 1 aliphatic rings. The van der Waals surface area contributed by atoms with Gasteiger partial charge in [-0.2, -0.15) is 0 Å². The lowest BCUT2D eigenvalue weighted by atomic mass is 10.1. The molecule has 6 nitrogen and oxygen atoms in total. The van der Waals surface area contributed by atoms with Crippen molar-refractivity contribution in [3.63, 3.8) is 0 Å². The van der Waals surface area contributed by atoms with Crippen LogP contribution in [0.1, 0.15) is 17.5 Å². The molecule has 1 unspecified atom stereocenters. The minimum Gasteiger partial charge on any atom is -0.497 e. The van der Waals surface area contributed by atoms with Gasteiger partial charge in [0.05, 0.1) is 23.8 Å². The van der Waals surface area contributed by atoms with Crippen LogP contribution in [0.5, 0.6) is 5.75 Å². The third kappa shape index (κ3) is 4.54. The van der Waals surface area contributed by atoms with Crippen LogP contribution in [0.15, 0.2) is 42.5 Å². The summed E-state index contributed by atoms with van der Waals surface area (Å²) < 4.78 is 5.13. The number of rotatable bonds is 6. The average Bonchev–Trinajstić information content (AvgIpc) is 2.93. The van der Waals surface area contributed by atoms with Crippen molar-refractivity contribution in [2.75, 3.05) is 23.1 Å². The van der Waals surface area contributed by atoms with Crippen LogP contribution in [0, 0.1) is 13.8 Å². The summed E-state index contributed by atoms with van der Waals surface area (Å²) in [7, 11) is 1.56. The van der Waals surface area contributed by atoms with Gasteiger partial charge in [0.15, 0.2) is 0 Å². The van der Waals surface area contributed by atoms with Crippen molar-refractivity contribution in [1.29, 1.82) is 0 Å². The van der Waals surface area contributed by atoms with Crippen molar-refractivity contribution in [1.82, 2.24) is 0 Å². The molecule has 0 spiro atoms. The summed E-state index contributed by atoms with van der Waals surface area (Å²) in [6.07, 6.45) is 0.100. The Labute approximate surface area is 168 Å². The normalized spacial score (nSPS) is 16.4. The summed E-state index contributed by atoms with van der Waals surface area (Å²) in [5.41, 5.74) is 3.20. The van der Waals surface area contributed by atoms with Gasteiger partial charge in [-0.3, -0.25) is 14.4 Å². The highest BCUT2D eigenvalue weighted by atomic mass is 32.2. The molecule has 1 fully saturated rings. The predicted molar refractivity (Wildman–Crippen MR) is 111 cm³/mol. The Bertz CT molecular complexity index is 908. The van der Waals surface area contributed by atoms with Gasteiger partial charge in [0.25, 0.3) is 0 Å². The van der Waals surface area contributed by atoms with Crippen molar-refractivity contribution in [3.8, 4) is 5.75 Å². The molecule has 2 aromatic carbocycles. The molecule has 1 N–H and O–H groups in total. The predicted octanol–water partition coefficient (Wildman–Crippen LogP) is 3.32. The lowest BCUT2D eigenvalue weighted by molar-refractivity contribution is -0.121. The number of imide groups is 1. The summed E-state index contributed by atoms with van der Waals surface area (Å²) in [5, 5.41) is 2.22. The number of thioether (sulfide) groups is 1. The van der Waals surface area contributed by atoms with Gasteiger partial charge in [-0.15, -0.1) is 11.8 Å². The molecule has 1 atom stereocenters. The highest BCUT2D eigenvalue weighted by Gasteiger charge is 2.40. The van der Waals surface area contributed by atoms with Crippen LogP contribution in [0.2, 0.25) is 0 Å². The molecular weight excluding hydrogens is 376 g/mol. The van der Waals surface area contributed by atoms with Crippen LogP contribution in [0.3, 0.4) is 0 Å². The molecule has 0 aliphatic carbocycles. The number of amides is 3. The second-order valence-electron chi connectivity index (χ2n) is 6.70. The molecule has 28 heavy (non-hydrogen) atoms. The van der Waals surface area contributed by atoms with E-state index in [2.05, 4.69) is 5.32 Å². The minimum atomic E-state index is -0.552. The van der Waals surface area contributed by atoms with Crippen LogP contribution in [0.4, 0.5) is 11.4 Å². The second kappa shape index (κ2) is 8.48. The van der Waals surface area contributed by atoms with E-state index in [0.717, 1.165) is 11.1 Å². The molecule has 1 heterocycles. The zero-order chi connectivity index (χ0) is 20.3. The van der Waals surface area contributed by atoms with E-state index in [-0.39, 0.29) is 29.9 Å². The summed E-state index contributed by atoms with van der Waals surface area (Å²) in [5.74, 6) is -0.00830. The number of hydrogen-bond acceptors (Lipinski definition) is 5. The average molecular weight is 398 g/mol. The van der Waals surface area contributed by atoms with E-state index in [9.17, 15) is 14.4 Å². The molecule has 0 aromatic heterocycles. The number of ether oxygens (including phenoxy) is 1. The molecule has 2 aromatic rings. The van der Waals surface area contributed by atoms with Gasteiger partial charge in [-0.25, -0.2) is 4.90 Å². The smallest absolute Gasteiger partial charge is 0.247 e. The maximum absolute atomic E-state index is 12.7. The number of methoxy groups -OCH3 is 1. The SMILES string of the molecule is COc1cccc(NC(=O)CSC2CC(=O)N(c3cc(C)cc(C)c3)C2=O)c1. The molecule has 0 bridgehead atoms. The second-order valence-corrected chi connectivity index (χ2v) is 7.89. The van der Waals surface area contributed by atoms with E-state index in [1.807, 2.05) is 32.0 Å². The maximum atomic E-state index is 12.7. The third-order valence-electron chi connectivity index (χ3n) is 4.34. The minimum absolute atomic E-state index is 0.0849. The molecule has 1 aliphatic heterocycles.